The zero-order valence-corrected chi connectivity index (χ0v) is 13.2. The monoisotopic (exact) mass is 331 g/mol. The number of rotatable bonds is 4. The molecule has 1 saturated carbocycles. The number of aromatic nitrogens is 1. The molecule has 0 atom stereocenters. The summed E-state index contributed by atoms with van der Waals surface area (Å²) in [5, 5.41) is 5.77. The Morgan fingerprint density at radius 2 is 1.75 bits per heavy atom. The predicted molar refractivity (Wildman–Crippen MR) is 89.1 cm³/mol. The molecule has 1 aliphatic rings. The summed E-state index contributed by atoms with van der Waals surface area (Å²) in [7, 11) is 0. The minimum atomic E-state index is -0.913. The number of carbonyl (C=O) groups excluding carboxylic acids is 1. The maximum absolute atomic E-state index is 13.2. The van der Waals surface area contributed by atoms with Crippen LogP contribution in [0.2, 0.25) is 0 Å². The van der Waals surface area contributed by atoms with Gasteiger partial charge in [-0.3, -0.25) is 4.79 Å². The number of amides is 1. The zero-order chi connectivity index (χ0) is 16.9. The molecule has 2 N–H and O–H groups in total. The molecular weight excluding hydrogens is 312 g/mol. The smallest absolute Gasteiger partial charge is 0.228 e. The van der Waals surface area contributed by atoms with Crippen LogP contribution in [-0.4, -0.2) is 10.9 Å². The van der Waals surface area contributed by atoms with E-state index in [2.05, 4.69) is 15.6 Å². The van der Waals surface area contributed by atoms with Gasteiger partial charge < -0.3 is 10.6 Å². The average molecular weight is 331 g/mol. The van der Waals surface area contributed by atoms with E-state index in [1.54, 1.807) is 12.1 Å². The van der Waals surface area contributed by atoms with Crippen LogP contribution < -0.4 is 10.6 Å². The third-order valence-corrected chi connectivity index (χ3v) is 4.20. The SMILES string of the molecule is O=C(Nc1ccc(Nc2ccc(F)c(F)c2)cn1)C1CCCCC1. The van der Waals surface area contributed by atoms with Gasteiger partial charge in [0.25, 0.3) is 0 Å². The summed E-state index contributed by atoms with van der Waals surface area (Å²) in [6, 6.07) is 6.99. The molecule has 1 aliphatic carbocycles. The van der Waals surface area contributed by atoms with Crippen LogP contribution in [0.25, 0.3) is 0 Å². The van der Waals surface area contributed by atoms with Crippen molar-refractivity contribution < 1.29 is 13.6 Å². The number of hydrogen-bond donors (Lipinski definition) is 2. The first kappa shape index (κ1) is 16.4. The van der Waals surface area contributed by atoms with Gasteiger partial charge in [0, 0.05) is 17.7 Å². The maximum atomic E-state index is 13.2. The highest BCUT2D eigenvalue weighted by Crippen LogP contribution is 2.25. The van der Waals surface area contributed by atoms with E-state index in [1.807, 2.05) is 0 Å². The fourth-order valence-corrected chi connectivity index (χ4v) is 2.88. The lowest BCUT2D eigenvalue weighted by Crippen LogP contribution is -2.25. The number of anilines is 3. The highest BCUT2D eigenvalue weighted by molar-refractivity contribution is 5.91. The summed E-state index contributed by atoms with van der Waals surface area (Å²) in [5.74, 6) is -1.23. The summed E-state index contributed by atoms with van der Waals surface area (Å²) in [6.45, 7) is 0. The topological polar surface area (TPSA) is 54.0 Å². The Morgan fingerprint density at radius 3 is 2.42 bits per heavy atom. The highest BCUT2D eigenvalue weighted by Gasteiger charge is 2.21. The number of benzene rings is 1. The fourth-order valence-electron chi connectivity index (χ4n) is 2.88. The van der Waals surface area contributed by atoms with Crippen LogP contribution in [0.4, 0.5) is 26.0 Å². The highest BCUT2D eigenvalue weighted by atomic mass is 19.2. The van der Waals surface area contributed by atoms with Gasteiger partial charge in [0.15, 0.2) is 11.6 Å². The van der Waals surface area contributed by atoms with Crippen molar-refractivity contribution in [3.63, 3.8) is 0 Å². The first-order chi connectivity index (χ1) is 11.6. The number of nitrogens with one attached hydrogen (secondary N) is 2. The summed E-state index contributed by atoms with van der Waals surface area (Å²) >= 11 is 0. The van der Waals surface area contributed by atoms with Gasteiger partial charge in [0.05, 0.1) is 11.9 Å². The summed E-state index contributed by atoms with van der Waals surface area (Å²) in [4.78, 5) is 16.4. The lowest BCUT2D eigenvalue weighted by atomic mass is 9.89. The van der Waals surface area contributed by atoms with Crippen LogP contribution in [0.3, 0.4) is 0 Å². The molecule has 24 heavy (non-hydrogen) atoms. The molecule has 0 unspecified atom stereocenters. The van der Waals surface area contributed by atoms with Crippen molar-refractivity contribution in [2.45, 2.75) is 32.1 Å². The molecular formula is C18H19F2N3O. The standard InChI is InChI=1S/C18H19F2N3O/c19-15-8-6-13(10-16(15)20)22-14-7-9-17(21-11-14)23-18(24)12-4-2-1-3-5-12/h6-12,22H,1-5H2,(H,21,23,24). The Bertz CT molecular complexity index is 713. The molecule has 1 fully saturated rings. The van der Waals surface area contributed by atoms with E-state index >= 15 is 0 Å². The van der Waals surface area contributed by atoms with Crippen molar-refractivity contribution >= 4 is 23.1 Å². The zero-order valence-electron chi connectivity index (χ0n) is 13.2. The summed E-state index contributed by atoms with van der Waals surface area (Å²) < 4.78 is 26.1. The fraction of sp³-hybridized carbons (Fsp3) is 0.333. The van der Waals surface area contributed by atoms with Gasteiger partial charge >= 0.3 is 0 Å². The van der Waals surface area contributed by atoms with E-state index in [9.17, 15) is 13.6 Å². The first-order valence-electron chi connectivity index (χ1n) is 8.11. The minimum Gasteiger partial charge on any atom is -0.354 e. The van der Waals surface area contributed by atoms with Crippen LogP contribution >= 0.6 is 0 Å². The molecule has 126 valence electrons. The van der Waals surface area contributed by atoms with Gasteiger partial charge in [-0.25, -0.2) is 13.8 Å². The molecule has 0 aliphatic heterocycles. The minimum absolute atomic E-state index is 0.0171. The molecule has 0 saturated heterocycles. The molecule has 6 heteroatoms. The van der Waals surface area contributed by atoms with Gasteiger partial charge in [-0.1, -0.05) is 19.3 Å². The average Bonchev–Trinajstić information content (AvgIpc) is 2.61. The summed E-state index contributed by atoms with van der Waals surface area (Å²) in [6.07, 6.45) is 6.80. The van der Waals surface area contributed by atoms with E-state index < -0.39 is 11.6 Å². The lowest BCUT2D eigenvalue weighted by molar-refractivity contribution is -0.120. The second-order valence-electron chi connectivity index (χ2n) is 6.01. The van der Waals surface area contributed by atoms with Gasteiger partial charge in [-0.15, -0.1) is 0 Å². The molecule has 1 heterocycles. The number of pyridine rings is 1. The van der Waals surface area contributed by atoms with Crippen LogP contribution in [0.5, 0.6) is 0 Å². The molecule has 3 rings (SSSR count). The lowest BCUT2D eigenvalue weighted by Gasteiger charge is -2.20. The van der Waals surface area contributed by atoms with E-state index in [1.165, 1.54) is 18.7 Å². The maximum Gasteiger partial charge on any atom is 0.228 e. The molecule has 1 aromatic carbocycles. The largest absolute Gasteiger partial charge is 0.354 e. The van der Waals surface area contributed by atoms with Crippen LogP contribution in [0.1, 0.15) is 32.1 Å². The van der Waals surface area contributed by atoms with Gasteiger partial charge in [-0.05, 0) is 37.1 Å². The van der Waals surface area contributed by atoms with Crippen molar-refractivity contribution in [2.75, 3.05) is 10.6 Å². The Morgan fingerprint density at radius 1 is 1.00 bits per heavy atom. The van der Waals surface area contributed by atoms with E-state index in [4.69, 9.17) is 0 Å². The molecule has 4 nitrogen and oxygen atoms in total. The van der Waals surface area contributed by atoms with Gasteiger partial charge in [-0.2, -0.15) is 0 Å². The molecule has 0 spiro atoms. The summed E-state index contributed by atoms with van der Waals surface area (Å²) in [5.41, 5.74) is 1.05. The van der Waals surface area contributed by atoms with Crippen molar-refractivity contribution in [2.24, 2.45) is 5.92 Å². The van der Waals surface area contributed by atoms with Crippen LogP contribution in [0.15, 0.2) is 36.5 Å². The van der Waals surface area contributed by atoms with Gasteiger partial charge in [0.2, 0.25) is 5.91 Å². The van der Waals surface area contributed by atoms with Crippen molar-refractivity contribution in [1.82, 2.24) is 4.98 Å². The third-order valence-electron chi connectivity index (χ3n) is 4.20. The normalized spacial score (nSPS) is 15.1. The van der Waals surface area contributed by atoms with Crippen molar-refractivity contribution in [3.05, 3.63) is 48.2 Å². The number of carbonyl (C=O) groups is 1. The van der Waals surface area contributed by atoms with Gasteiger partial charge in [0.1, 0.15) is 5.82 Å². The second-order valence-corrected chi connectivity index (χ2v) is 6.01. The third kappa shape index (κ3) is 4.07. The number of nitrogens with zero attached hydrogens (tertiary/aromatic N) is 1. The quantitative estimate of drug-likeness (QED) is 0.859. The predicted octanol–water partition coefficient (Wildman–Crippen LogP) is 4.62. The Balaban J connectivity index is 1.60. The molecule has 1 aromatic heterocycles. The first-order valence-corrected chi connectivity index (χ1v) is 8.11. The van der Waals surface area contributed by atoms with Crippen molar-refractivity contribution in [3.8, 4) is 0 Å². The Hall–Kier alpha value is -2.50. The van der Waals surface area contributed by atoms with Crippen LogP contribution in [0, 0.1) is 17.6 Å². The Kier molecular flexibility index (Phi) is 5.03. The molecule has 0 radical (unpaired) electrons. The van der Waals surface area contributed by atoms with E-state index in [0.717, 1.165) is 37.8 Å². The molecule has 0 bridgehead atoms. The van der Waals surface area contributed by atoms with E-state index in [-0.39, 0.29) is 11.8 Å². The molecule has 2 aromatic rings. The number of halogens is 2. The molecule has 1 amide bonds. The van der Waals surface area contributed by atoms with E-state index in [0.29, 0.717) is 17.2 Å². The van der Waals surface area contributed by atoms with Crippen molar-refractivity contribution in [1.29, 1.82) is 0 Å². The number of hydrogen-bond acceptors (Lipinski definition) is 3. The Labute approximate surface area is 139 Å². The second kappa shape index (κ2) is 7.38. The van der Waals surface area contributed by atoms with Crippen LogP contribution in [-0.2, 0) is 4.79 Å².